The Kier molecular flexibility index (Phi) is 3.58. The largest absolute Gasteiger partial charge is 0.497 e. The van der Waals surface area contributed by atoms with Gasteiger partial charge in [-0.05, 0) is 37.3 Å². The predicted octanol–water partition coefficient (Wildman–Crippen LogP) is 2.69. The van der Waals surface area contributed by atoms with Crippen molar-refractivity contribution < 1.29 is 19.0 Å². The summed E-state index contributed by atoms with van der Waals surface area (Å²) in [6, 6.07) is 8.83. The molecule has 0 saturated carbocycles. The standard InChI is InChI=1S/C14H16O4/c1-9-4-6-13(18-9)14(15)11-8-10(16-2)5-7-12(11)17-3/h4-8,14-15H,1-3H3. The molecule has 0 radical (unpaired) electrons. The molecular weight excluding hydrogens is 232 g/mol. The Balaban J connectivity index is 2.41. The summed E-state index contributed by atoms with van der Waals surface area (Å²) < 4.78 is 15.8. The number of furan rings is 1. The van der Waals surface area contributed by atoms with Gasteiger partial charge in [0.25, 0.3) is 0 Å². The Labute approximate surface area is 106 Å². The highest BCUT2D eigenvalue weighted by Crippen LogP contribution is 2.33. The lowest BCUT2D eigenvalue weighted by molar-refractivity contribution is 0.183. The molecule has 18 heavy (non-hydrogen) atoms. The van der Waals surface area contributed by atoms with Crippen molar-refractivity contribution in [2.75, 3.05) is 14.2 Å². The minimum atomic E-state index is -0.872. The molecule has 0 aliphatic heterocycles. The summed E-state index contributed by atoms with van der Waals surface area (Å²) in [5, 5.41) is 10.3. The van der Waals surface area contributed by atoms with E-state index >= 15 is 0 Å². The second-order valence-electron chi connectivity index (χ2n) is 3.96. The fourth-order valence-corrected chi connectivity index (χ4v) is 1.81. The minimum absolute atomic E-state index is 0.485. The van der Waals surface area contributed by atoms with E-state index in [4.69, 9.17) is 13.9 Å². The maximum absolute atomic E-state index is 10.3. The van der Waals surface area contributed by atoms with E-state index in [1.807, 2.05) is 13.0 Å². The summed E-state index contributed by atoms with van der Waals surface area (Å²) in [7, 11) is 3.14. The molecule has 0 aliphatic carbocycles. The van der Waals surface area contributed by atoms with Crippen LogP contribution in [-0.4, -0.2) is 19.3 Å². The van der Waals surface area contributed by atoms with Gasteiger partial charge >= 0.3 is 0 Å². The van der Waals surface area contributed by atoms with Crippen LogP contribution in [-0.2, 0) is 0 Å². The van der Waals surface area contributed by atoms with Crippen LogP contribution >= 0.6 is 0 Å². The van der Waals surface area contributed by atoms with Crippen molar-refractivity contribution in [1.82, 2.24) is 0 Å². The van der Waals surface area contributed by atoms with E-state index < -0.39 is 6.10 Å². The Morgan fingerprint density at radius 1 is 1.11 bits per heavy atom. The third-order valence-electron chi connectivity index (χ3n) is 2.76. The van der Waals surface area contributed by atoms with Crippen LogP contribution in [0.5, 0.6) is 11.5 Å². The van der Waals surface area contributed by atoms with Gasteiger partial charge in [0, 0.05) is 5.56 Å². The molecule has 0 bridgehead atoms. The molecule has 96 valence electrons. The molecule has 4 heteroatoms. The molecule has 0 amide bonds. The van der Waals surface area contributed by atoms with Crippen molar-refractivity contribution in [3.63, 3.8) is 0 Å². The predicted molar refractivity (Wildman–Crippen MR) is 67.1 cm³/mol. The number of rotatable bonds is 4. The van der Waals surface area contributed by atoms with Crippen LogP contribution in [0.2, 0.25) is 0 Å². The molecule has 1 atom stereocenters. The summed E-state index contributed by atoms with van der Waals surface area (Å²) in [6.07, 6.45) is -0.872. The van der Waals surface area contributed by atoms with Crippen molar-refractivity contribution in [3.8, 4) is 11.5 Å². The number of aliphatic hydroxyl groups excluding tert-OH is 1. The first kappa shape index (κ1) is 12.5. The summed E-state index contributed by atoms with van der Waals surface area (Å²) >= 11 is 0. The van der Waals surface area contributed by atoms with E-state index in [1.54, 1.807) is 38.5 Å². The minimum Gasteiger partial charge on any atom is -0.497 e. The van der Waals surface area contributed by atoms with Gasteiger partial charge < -0.3 is 19.0 Å². The fraction of sp³-hybridized carbons (Fsp3) is 0.286. The van der Waals surface area contributed by atoms with Crippen LogP contribution in [0.4, 0.5) is 0 Å². The molecule has 0 spiro atoms. The molecule has 0 saturated heterocycles. The zero-order valence-electron chi connectivity index (χ0n) is 10.6. The number of methoxy groups -OCH3 is 2. The first-order chi connectivity index (χ1) is 8.65. The van der Waals surface area contributed by atoms with Gasteiger partial charge in [-0.25, -0.2) is 0 Å². The highest BCUT2D eigenvalue weighted by atomic mass is 16.5. The van der Waals surface area contributed by atoms with Gasteiger partial charge in [0.2, 0.25) is 0 Å². The van der Waals surface area contributed by atoms with Crippen LogP contribution in [0, 0.1) is 6.92 Å². The summed E-state index contributed by atoms with van der Waals surface area (Å²) in [5.74, 6) is 2.50. The Hall–Kier alpha value is -1.94. The third-order valence-corrected chi connectivity index (χ3v) is 2.76. The van der Waals surface area contributed by atoms with Crippen molar-refractivity contribution >= 4 is 0 Å². The molecule has 1 aromatic heterocycles. The normalized spacial score (nSPS) is 12.2. The monoisotopic (exact) mass is 248 g/mol. The molecule has 4 nitrogen and oxygen atoms in total. The summed E-state index contributed by atoms with van der Waals surface area (Å²) in [5.41, 5.74) is 0.617. The molecule has 2 aromatic rings. The molecule has 1 aromatic carbocycles. The van der Waals surface area contributed by atoms with Crippen LogP contribution in [0.3, 0.4) is 0 Å². The number of ether oxygens (including phenoxy) is 2. The number of hydrogen-bond donors (Lipinski definition) is 1. The quantitative estimate of drug-likeness (QED) is 0.903. The van der Waals surface area contributed by atoms with Gasteiger partial charge in [-0.3, -0.25) is 0 Å². The third kappa shape index (κ3) is 2.33. The zero-order chi connectivity index (χ0) is 13.1. The molecule has 1 N–H and O–H groups in total. The molecule has 1 unspecified atom stereocenters. The smallest absolute Gasteiger partial charge is 0.140 e. The van der Waals surface area contributed by atoms with Gasteiger partial charge in [-0.2, -0.15) is 0 Å². The van der Waals surface area contributed by atoms with Crippen molar-refractivity contribution in [1.29, 1.82) is 0 Å². The van der Waals surface area contributed by atoms with Crippen LogP contribution in [0.1, 0.15) is 23.2 Å². The topological polar surface area (TPSA) is 51.8 Å². The first-order valence-corrected chi connectivity index (χ1v) is 5.62. The second-order valence-corrected chi connectivity index (χ2v) is 3.96. The summed E-state index contributed by atoms with van der Waals surface area (Å²) in [6.45, 7) is 1.83. The van der Waals surface area contributed by atoms with E-state index in [9.17, 15) is 5.11 Å². The number of hydrogen-bond acceptors (Lipinski definition) is 4. The van der Waals surface area contributed by atoms with E-state index in [-0.39, 0.29) is 0 Å². The average molecular weight is 248 g/mol. The summed E-state index contributed by atoms with van der Waals surface area (Å²) in [4.78, 5) is 0. The fourth-order valence-electron chi connectivity index (χ4n) is 1.81. The van der Waals surface area contributed by atoms with Gasteiger partial charge in [0.1, 0.15) is 29.1 Å². The van der Waals surface area contributed by atoms with Crippen LogP contribution < -0.4 is 9.47 Å². The lowest BCUT2D eigenvalue weighted by Crippen LogP contribution is -2.02. The molecular formula is C14H16O4. The highest BCUT2D eigenvalue weighted by Gasteiger charge is 2.19. The Morgan fingerprint density at radius 3 is 2.44 bits per heavy atom. The van der Waals surface area contributed by atoms with Crippen LogP contribution in [0.25, 0.3) is 0 Å². The molecule has 2 rings (SSSR count). The maximum Gasteiger partial charge on any atom is 0.140 e. The Bertz CT molecular complexity index is 530. The van der Waals surface area contributed by atoms with Crippen molar-refractivity contribution in [2.45, 2.75) is 13.0 Å². The second kappa shape index (κ2) is 5.14. The number of aryl methyl sites for hydroxylation is 1. The van der Waals surface area contributed by atoms with E-state index in [0.717, 1.165) is 5.76 Å². The number of aliphatic hydroxyl groups is 1. The first-order valence-electron chi connectivity index (χ1n) is 5.62. The van der Waals surface area contributed by atoms with Crippen molar-refractivity contribution in [3.05, 3.63) is 47.4 Å². The molecule has 1 heterocycles. The molecule has 0 fully saturated rings. The van der Waals surface area contributed by atoms with Crippen LogP contribution in [0.15, 0.2) is 34.7 Å². The van der Waals surface area contributed by atoms with E-state index in [1.165, 1.54) is 0 Å². The van der Waals surface area contributed by atoms with Crippen molar-refractivity contribution in [2.24, 2.45) is 0 Å². The maximum atomic E-state index is 10.3. The lowest BCUT2D eigenvalue weighted by atomic mass is 10.1. The van der Waals surface area contributed by atoms with E-state index in [2.05, 4.69) is 0 Å². The van der Waals surface area contributed by atoms with Gasteiger partial charge in [-0.15, -0.1) is 0 Å². The zero-order valence-corrected chi connectivity index (χ0v) is 10.6. The lowest BCUT2D eigenvalue weighted by Gasteiger charge is -2.14. The highest BCUT2D eigenvalue weighted by molar-refractivity contribution is 5.43. The number of benzene rings is 1. The van der Waals surface area contributed by atoms with Gasteiger partial charge in [0.15, 0.2) is 0 Å². The SMILES string of the molecule is COc1ccc(OC)c(C(O)c2ccc(C)o2)c1. The molecule has 0 aliphatic rings. The van der Waals surface area contributed by atoms with Gasteiger partial charge in [0.05, 0.1) is 14.2 Å². The van der Waals surface area contributed by atoms with Gasteiger partial charge in [-0.1, -0.05) is 0 Å². The average Bonchev–Trinajstić information content (AvgIpc) is 2.83. The van der Waals surface area contributed by atoms with E-state index in [0.29, 0.717) is 22.8 Å². The Morgan fingerprint density at radius 2 is 1.89 bits per heavy atom.